The second kappa shape index (κ2) is 25.5. The molecule has 2 aliphatic carbocycles. The van der Waals surface area contributed by atoms with Gasteiger partial charge in [-0.3, -0.25) is 23.2 Å². The third-order valence-corrected chi connectivity index (χ3v) is 13.1. The summed E-state index contributed by atoms with van der Waals surface area (Å²) in [5, 5.41) is 63.7. The maximum atomic E-state index is 13.5. The van der Waals surface area contributed by atoms with E-state index in [1.54, 1.807) is 13.8 Å². The third kappa shape index (κ3) is 15.6. The summed E-state index contributed by atoms with van der Waals surface area (Å²) in [6, 6.07) is 0. The number of phosphoric ester groups is 1. The van der Waals surface area contributed by atoms with Crippen molar-refractivity contribution in [3.05, 3.63) is 68.2 Å². The van der Waals surface area contributed by atoms with Crippen molar-refractivity contribution >= 4 is 38.9 Å². The van der Waals surface area contributed by atoms with Crippen molar-refractivity contribution in [3.8, 4) is 0 Å². The fourth-order valence-electron chi connectivity index (χ4n) is 6.95. The Labute approximate surface area is 403 Å². The zero-order valence-electron chi connectivity index (χ0n) is 37.8. The van der Waals surface area contributed by atoms with E-state index in [1.165, 1.54) is 0 Å². The minimum absolute atomic E-state index is 0. The normalized spacial score (nSPS) is 25.1. The fraction of sp³-hybridized carbons (Fsp3) is 0.619. The number of phosphoric acid groups is 1. The molecule has 2 aliphatic heterocycles. The van der Waals surface area contributed by atoms with E-state index in [9.17, 15) is 48.5 Å². The first kappa shape index (κ1) is 64.3. The monoisotopic (exact) mass is 976 g/mol. The Morgan fingerprint density at radius 2 is 1.09 bits per heavy atom. The van der Waals surface area contributed by atoms with Gasteiger partial charge in [0.2, 0.25) is 11.5 Å². The summed E-state index contributed by atoms with van der Waals surface area (Å²) in [5.74, 6) is -5.74. The van der Waals surface area contributed by atoms with Crippen LogP contribution in [0.25, 0.3) is 0 Å². The van der Waals surface area contributed by atoms with Crippen LogP contribution in [0.5, 0.6) is 0 Å². The number of rotatable bonds is 13. The largest absolute Gasteiger partial charge is 1.00 e. The number of esters is 2. The first-order valence-electron chi connectivity index (χ1n) is 19.1. The number of carbonyl (C=O) groups is 4. The van der Waals surface area contributed by atoms with Crippen molar-refractivity contribution in [3.63, 3.8) is 0 Å². The summed E-state index contributed by atoms with van der Waals surface area (Å²) in [6.45, 7) is 17.4. The van der Waals surface area contributed by atoms with Crippen LogP contribution in [0.2, 0.25) is 0 Å². The molecule has 4 aliphatic rings. The van der Waals surface area contributed by atoms with Crippen LogP contribution in [0, 0.1) is 10.8 Å². The number of hydrogen-bond donors (Lipinski definition) is 7. The number of carbonyl (C=O) groups excluding carboxylic acids is 4. The second-order valence-electron chi connectivity index (χ2n) is 16.5. The Hall–Kier alpha value is -2.78. The Morgan fingerprint density at radius 1 is 0.723 bits per heavy atom. The predicted octanol–water partition coefficient (Wildman–Crippen LogP) is 2.18. The van der Waals surface area contributed by atoms with Gasteiger partial charge >= 0.3 is 49.1 Å². The van der Waals surface area contributed by atoms with Crippen LogP contribution >= 0.6 is 15.4 Å². The Balaban J connectivity index is 0. The van der Waals surface area contributed by atoms with E-state index in [2.05, 4.69) is 9.26 Å². The number of aliphatic hydroxyl groups excluding tert-OH is 7. The zero-order chi connectivity index (χ0) is 48.0. The minimum atomic E-state index is -4.45. The van der Waals surface area contributed by atoms with E-state index in [1.807, 2.05) is 67.5 Å². The topological polar surface area (TPSA) is 322 Å². The summed E-state index contributed by atoms with van der Waals surface area (Å²) in [7, 11) is -6.82. The van der Waals surface area contributed by atoms with Crippen LogP contribution in [0.3, 0.4) is 0 Å². The van der Waals surface area contributed by atoms with Crippen molar-refractivity contribution in [1.29, 1.82) is 0 Å². The number of aliphatic hydroxyl groups is 7. The van der Waals surface area contributed by atoms with Gasteiger partial charge < -0.3 is 63.7 Å². The van der Waals surface area contributed by atoms with Crippen molar-refractivity contribution in [1.82, 2.24) is 0 Å². The van der Waals surface area contributed by atoms with Gasteiger partial charge in [-0.15, -0.1) is 0 Å². The molecule has 366 valence electrons. The summed E-state index contributed by atoms with van der Waals surface area (Å²) in [5.41, 5.74) is 4.03. The second-order valence-corrected chi connectivity index (χ2v) is 20.1. The molecule has 0 fully saturated rings. The molecule has 0 aromatic rings. The molecule has 0 bridgehead atoms. The average molecular weight is 977 g/mol. The van der Waals surface area contributed by atoms with Crippen molar-refractivity contribution in [2.24, 2.45) is 10.8 Å². The molecule has 23 heteroatoms. The van der Waals surface area contributed by atoms with Crippen LogP contribution in [-0.4, -0.2) is 123 Å². The van der Waals surface area contributed by atoms with E-state index in [0.717, 1.165) is 36.5 Å². The van der Waals surface area contributed by atoms with Gasteiger partial charge in [-0.2, -0.15) is 0 Å². The van der Waals surface area contributed by atoms with Crippen LogP contribution in [0.4, 0.5) is 0 Å². The maximum Gasteiger partial charge on any atom is 1.00 e. The van der Waals surface area contributed by atoms with Gasteiger partial charge in [0.25, 0.3) is 7.82 Å². The molecule has 4 unspecified atom stereocenters. The van der Waals surface area contributed by atoms with E-state index >= 15 is 0 Å². The molecule has 0 aromatic heterocycles. The summed E-state index contributed by atoms with van der Waals surface area (Å²) in [4.78, 5) is 59.0. The van der Waals surface area contributed by atoms with Crippen molar-refractivity contribution < 1.29 is 126 Å². The smallest absolute Gasteiger partial charge is 0.756 e. The molecule has 0 aromatic carbocycles. The molecule has 0 saturated heterocycles. The number of cyclic esters (lactones) is 2. The molecule has 0 amide bonds. The Bertz CT molecular complexity index is 2050. The number of allylic oxidation sites excluding steroid dienone is 6. The standard InChI is InChI=1S/C20H29O9P.C14H23O5P.C6H8O6.2CH4.Na/c1-10(2)7-12-11(3)15(23)14(8-20(12,4)5)29-30(26,27-6)18-16(24)19(25)28-17(18)13(22)9-21;1-9(2)7-11-10(3)13(15)12(8-14(11,4)5)19-20(16,17)18-6;7-1-2(8)5-3(9)4(10)6(11)12-5;;;/h7,13-14,17,21-22,24H,8-9H2,1-6H3;7,12H,8H2,1-6H3,(H,16,17);2,5,7-10H,1H2;2*1H4;/q;;;;;+1/p-1/t13-,14?,17+,30?;;2-,5+;;;/m0.0.../s1. The molecule has 0 radical (unpaired) electrons. The van der Waals surface area contributed by atoms with Gasteiger partial charge in [-0.1, -0.05) is 65.8 Å². The van der Waals surface area contributed by atoms with Crippen LogP contribution in [0.1, 0.15) is 96.9 Å². The Morgan fingerprint density at radius 3 is 1.43 bits per heavy atom. The summed E-state index contributed by atoms with van der Waals surface area (Å²) < 4.78 is 53.8. The SMILES string of the molecule is C.C.COP(=O)(OC1CC(C)(C)C(C=C(C)C)=C(C)C1=O)C1=C(O)C(=O)O[C@@H]1[C@@H](O)CO.COP(=O)([O-])OC1CC(C)(C)C(C=C(C)C)=C(C)C1=O.O=C1O[C@H]([C@@H](O)CO)C(O)=C1O.[Na+]. The summed E-state index contributed by atoms with van der Waals surface area (Å²) >= 11 is 0. The number of ether oxygens (including phenoxy) is 2. The Kier molecular flexibility index (Phi) is 25.3. The van der Waals surface area contributed by atoms with E-state index in [4.69, 9.17) is 38.7 Å². The van der Waals surface area contributed by atoms with E-state index in [-0.39, 0.29) is 62.0 Å². The molecule has 2 heterocycles. The maximum absolute atomic E-state index is 13.5. The van der Waals surface area contributed by atoms with Gasteiger partial charge in [-0.05, 0) is 87.5 Å². The summed E-state index contributed by atoms with van der Waals surface area (Å²) in [6.07, 6.45) is -3.89. The van der Waals surface area contributed by atoms with E-state index < -0.39 is 111 Å². The molecule has 0 spiro atoms. The number of hydrogen-bond acceptors (Lipinski definition) is 20. The molecule has 20 nitrogen and oxygen atoms in total. The molecular weight excluding hydrogens is 909 g/mol. The molecule has 65 heavy (non-hydrogen) atoms. The fourth-order valence-corrected chi connectivity index (χ4v) is 9.30. The van der Waals surface area contributed by atoms with Gasteiger partial charge in [0.1, 0.15) is 29.7 Å². The molecular formula is C42H67NaO20P2. The van der Waals surface area contributed by atoms with Crippen LogP contribution < -0.4 is 34.5 Å². The zero-order valence-corrected chi connectivity index (χ0v) is 41.6. The van der Waals surface area contributed by atoms with Crippen LogP contribution in [-0.2, 0) is 55.9 Å². The molecule has 0 saturated carbocycles. The van der Waals surface area contributed by atoms with Gasteiger partial charge in [0, 0.05) is 14.2 Å². The first-order valence-corrected chi connectivity index (χ1v) is 22.1. The molecule has 7 N–H and O–H groups in total. The number of Topliss-reactive ketones (excluding diaryl/α,β-unsaturated/α-hetero) is 2. The van der Waals surface area contributed by atoms with Gasteiger partial charge in [-0.25, -0.2) is 9.59 Å². The first-order chi connectivity index (χ1) is 28.4. The van der Waals surface area contributed by atoms with Crippen molar-refractivity contribution in [2.45, 2.75) is 134 Å². The van der Waals surface area contributed by atoms with Gasteiger partial charge in [0.05, 0.1) is 13.2 Å². The van der Waals surface area contributed by atoms with Gasteiger partial charge in [0.15, 0.2) is 29.5 Å². The van der Waals surface area contributed by atoms with E-state index in [0.29, 0.717) is 17.6 Å². The van der Waals surface area contributed by atoms with Crippen LogP contribution in [0.15, 0.2) is 68.2 Å². The predicted molar refractivity (Wildman–Crippen MR) is 231 cm³/mol. The molecule has 8 atom stereocenters. The third-order valence-electron chi connectivity index (χ3n) is 10.1. The average Bonchev–Trinajstić information content (AvgIpc) is 3.64. The quantitative estimate of drug-likeness (QED) is 0.0790. The number of ketones is 2. The minimum Gasteiger partial charge on any atom is -0.756 e. The van der Waals surface area contributed by atoms with Crippen molar-refractivity contribution in [2.75, 3.05) is 27.4 Å². The molecule has 4 rings (SSSR count).